The summed E-state index contributed by atoms with van der Waals surface area (Å²) in [5, 5.41) is 0. The van der Waals surface area contributed by atoms with E-state index in [4.69, 9.17) is 4.74 Å². The van der Waals surface area contributed by atoms with E-state index in [1.54, 1.807) is 60.7 Å². The summed E-state index contributed by atoms with van der Waals surface area (Å²) < 4.78 is 142. The zero-order valence-electron chi connectivity index (χ0n) is 24.8. The van der Waals surface area contributed by atoms with Crippen molar-refractivity contribution in [3.63, 3.8) is 0 Å². The maximum Gasteiger partial charge on any atom is 0.416 e. The van der Waals surface area contributed by atoms with Crippen LogP contribution in [0.2, 0.25) is 0 Å². The minimum absolute atomic E-state index is 0.0269. The number of benzene rings is 4. The Morgan fingerprint density at radius 1 is 0.708 bits per heavy atom. The van der Waals surface area contributed by atoms with Gasteiger partial charge in [-0.15, -0.1) is 0 Å². The summed E-state index contributed by atoms with van der Waals surface area (Å²) in [6.45, 7) is -0.772. The Hall–Kier alpha value is -4.39. The van der Waals surface area contributed by atoms with E-state index in [-0.39, 0.29) is 31.1 Å². The molecular weight excluding hydrogens is 656 g/mol. The first-order valence-electron chi connectivity index (χ1n) is 14.7. The number of piperidine rings is 1. The van der Waals surface area contributed by atoms with Gasteiger partial charge < -0.3 is 9.64 Å². The fraction of sp³-hybridized carbons (Fsp3) is 0.286. The van der Waals surface area contributed by atoms with Crippen LogP contribution in [0, 0.1) is 11.7 Å². The molecule has 0 aromatic heterocycles. The molecule has 1 aliphatic heterocycles. The quantitative estimate of drug-likeness (QED) is 0.182. The minimum atomic E-state index is -5.16. The number of likely N-dealkylation sites (tertiary alicyclic amines) is 1. The molecule has 1 saturated heterocycles. The molecule has 0 bridgehead atoms. The lowest BCUT2D eigenvalue weighted by molar-refractivity contribution is -0.143. The summed E-state index contributed by atoms with van der Waals surface area (Å²) in [5.41, 5.74) is -3.86. The summed E-state index contributed by atoms with van der Waals surface area (Å²) in [4.78, 5) is 14.8. The number of halogens is 10. The Kier molecular flexibility index (Phi) is 9.91. The van der Waals surface area contributed by atoms with Crippen molar-refractivity contribution in [2.75, 3.05) is 13.1 Å². The van der Waals surface area contributed by atoms with Crippen molar-refractivity contribution in [1.82, 2.24) is 4.90 Å². The van der Waals surface area contributed by atoms with Crippen molar-refractivity contribution in [2.45, 2.75) is 43.6 Å². The summed E-state index contributed by atoms with van der Waals surface area (Å²) in [5.74, 6) is -3.39. The molecule has 48 heavy (non-hydrogen) atoms. The number of hydrogen-bond donors (Lipinski definition) is 0. The van der Waals surface area contributed by atoms with Crippen LogP contribution in [0.5, 0.6) is 0 Å². The largest absolute Gasteiger partial charge is 0.416 e. The van der Waals surface area contributed by atoms with Crippen molar-refractivity contribution in [1.29, 1.82) is 0 Å². The zero-order chi connectivity index (χ0) is 34.9. The lowest BCUT2D eigenvalue weighted by atomic mass is 9.75. The number of hydrogen-bond acceptors (Lipinski definition) is 2. The SMILES string of the molecule is O=C(c1cc(C(F)(F)F)cc(C(F)(F)F)c1)N1CC[C@@H](OCc2cc(F)cc(C(F)(F)F)c2)[C@@H](C(c2ccccc2)c2ccccc2)C1. The van der Waals surface area contributed by atoms with Gasteiger partial charge in [0.25, 0.3) is 5.91 Å². The molecule has 4 aromatic carbocycles. The van der Waals surface area contributed by atoms with Crippen LogP contribution < -0.4 is 0 Å². The van der Waals surface area contributed by atoms with Crippen LogP contribution in [0.4, 0.5) is 43.9 Å². The van der Waals surface area contributed by atoms with Gasteiger partial charge in [0.2, 0.25) is 0 Å². The van der Waals surface area contributed by atoms with Gasteiger partial charge in [-0.2, -0.15) is 39.5 Å². The van der Waals surface area contributed by atoms with E-state index in [1.165, 1.54) is 0 Å². The van der Waals surface area contributed by atoms with E-state index < -0.39 is 77.1 Å². The number of carbonyl (C=O) groups is 1. The van der Waals surface area contributed by atoms with E-state index >= 15 is 0 Å². The third kappa shape index (κ3) is 8.18. The highest BCUT2D eigenvalue weighted by Crippen LogP contribution is 2.41. The van der Waals surface area contributed by atoms with E-state index in [0.717, 1.165) is 28.2 Å². The van der Waals surface area contributed by atoms with Crippen LogP contribution >= 0.6 is 0 Å². The number of rotatable bonds is 7. The molecule has 1 aliphatic rings. The Bertz CT molecular complexity index is 1650. The van der Waals surface area contributed by atoms with Crippen molar-refractivity contribution < 1.29 is 53.4 Å². The van der Waals surface area contributed by atoms with Gasteiger partial charge in [0, 0.05) is 30.5 Å². The van der Waals surface area contributed by atoms with Gasteiger partial charge in [-0.25, -0.2) is 4.39 Å². The molecule has 1 amide bonds. The topological polar surface area (TPSA) is 29.5 Å². The normalized spacial score (nSPS) is 17.5. The molecular formula is C35H27F10NO2. The maximum absolute atomic E-state index is 14.1. The average Bonchev–Trinajstić information content (AvgIpc) is 3.03. The van der Waals surface area contributed by atoms with Crippen LogP contribution in [0.1, 0.15) is 56.1 Å². The average molecular weight is 684 g/mol. The van der Waals surface area contributed by atoms with Crippen molar-refractivity contribution in [3.05, 3.63) is 142 Å². The summed E-state index contributed by atoms with van der Waals surface area (Å²) in [6, 6.07) is 20.5. The van der Waals surface area contributed by atoms with Crippen LogP contribution in [-0.2, 0) is 29.9 Å². The van der Waals surface area contributed by atoms with Crippen LogP contribution in [0.3, 0.4) is 0 Å². The van der Waals surface area contributed by atoms with E-state index in [0.29, 0.717) is 18.2 Å². The maximum atomic E-state index is 14.1. The fourth-order valence-electron chi connectivity index (χ4n) is 6.04. The van der Waals surface area contributed by atoms with Gasteiger partial charge in [0.05, 0.1) is 29.4 Å². The van der Waals surface area contributed by atoms with E-state index in [1.807, 2.05) is 0 Å². The number of carbonyl (C=O) groups excluding carboxylic acids is 1. The van der Waals surface area contributed by atoms with Crippen molar-refractivity contribution >= 4 is 5.91 Å². The molecule has 254 valence electrons. The summed E-state index contributed by atoms with van der Waals surface area (Å²) >= 11 is 0. The van der Waals surface area contributed by atoms with E-state index in [2.05, 4.69) is 0 Å². The minimum Gasteiger partial charge on any atom is -0.373 e. The van der Waals surface area contributed by atoms with Crippen LogP contribution in [0.15, 0.2) is 97.1 Å². The molecule has 13 heteroatoms. The molecule has 5 rings (SSSR count). The van der Waals surface area contributed by atoms with Crippen molar-refractivity contribution in [2.24, 2.45) is 5.92 Å². The molecule has 4 aromatic rings. The lowest BCUT2D eigenvalue weighted by Gasteiger charge is -2.42. The first kappa shape index (κ1) is 34.9. The molecule has 0 saturated carbocycles. The molecule has 1 fully saturated rings. The predicted molar refractivity (Wildman–Crippen MR) is 155 cm³/mol. The number of nitrogens with zero attached hydrogens (tertiary/aromatic N) is 1. The van der Waals surface area contributed by atoms with Gasteiger partial charge >= 0.3 is 18.5 Å². The molecule has 0 aliphatic carbocycles. The van der Waals surface area contributed by atoms with Gasteiger partial charge in [0.1, 0.15) is 5.82 Å². The van der Waals surface area contributed by atoms with Crippen LogP contribution in [-0.4, -0.2) is 30.0 Å². The lowest BCUT2D eigenvalue weighted by Crippen LogP contribution is -2.49. The van der Waals surface area contributed by atoms with Gasteiger partial charge in [-0.3, -0.25) is 4.79 Å². The third-order valence-electron chi connectivity index (χ3n) is 8.21. The standard InChI is InChI=1S/C35H27F10NO2/c36-28-14-21(13-25(18-28)33(37,38)39)20-48-30-11-12-46(32(47)24-15-26(34(40,41)42)17-27(16-24)35(43,44)45)19-29(30)31(22-7-3-1-4-8-22)23-9-5-2-6-10-23/h1-10,13-18,29-31H,11-12,19-20H2/t29-,30+/m0/s1. The predicted octanol–water partition coefficient (Wildman–Crippen LogP) is 9.76. The zero-order valence-corrected chi connectivity index (χ0v) is 24.8. The molecule has 0 spiro atoms. The smallest absolute Gasteiger partial charge is 0.373 e. The highest BCUT2D eigenvalue weighted by molar-refractivity contribution is 5.94. The molecule has 0 unspecified atom stereocenters. The van der Waals surface area contributed by atoms with Crippen LogP contribution in [0.25, 0.3) is 0 Å². The molecule has 0 N–H and O–H groups in total. The molecule has 2 atom stereocenters. The summed E-state index contributed by atoms with van der Waals surface area (Å²) in [7, 11) is 0. The van der Waals surface area contributed by atoms with Gasteiger partial charge in [0.15, 0.2) is 0 Å². The van der Waals surface area contributed by atoms with Crippen molar-refractivity contribution in [3.8, 4) is 0 Å². The highest BCUT2D eigenvalue weighted by Gasteiger charge is 2.41. The monoisotopic (exact) mass is 683 g/mol. The van der Waals surface area contributed by atoms with E-state index in [9.17, 15) is 48.7 Å². The fourth-order valence-corrected chi connectivity index (χ4v) is 6.04. The summed E-state index contributed by atoms with van der Waals surface area (Å²) in [6.07, 6.45) is -15.9. The number of amides is 1. The second kappa shape index (κ2) is 13.6. The molecule has 3 nitrogen and oxygen atoms in total. The first-order valence-corrected chi connectivity index (χ1v) is 14.7. The Morgan fingerprint density at radius 2 is 1.21 bits per heavy atom. The second-order valence-electron chi connectivity index (χ2n) is 11.5. The molecule has 0 radical (unpaired) electrons. The third-order valence-corrected chi connectivity index (χ3v) is 8.21. The Balaban J connectivity index is 1.52. The number of ether oxygens (including phenoxy) is 1. The molecule has 1 heterocycles. The highest BCUT2D eigenvalue weighted by atomic mass is 19.4. The number of alkyl halides is 9. The van der Waals surface area contributed by atoms with Gasteiger partial charge in [-0.1, -0.05) is 60.7 Å². The second-order valence-corrected chi connectivity index (χ2v) is 11.5. The van der Waals surface area contributed by atoms with Gasteiger partial charge in [-0.05, 0) is 59.5 Å². The Labute approximate surface area is 268 Å². The first-order chi connectivity index (χ1) is 22.5. The Morgan fingerprint density at radius 3 is 1.71 bits per heavy atom.